The quantitative estimate of drug-likeness (QED) is 0.650. The van der Waals surface area contributed by atoms with Crippen molar-refractivity contribution in [3.63, 3.8) is 0 Å². The van der Waals surface area contributed by atoms with Crippen molar-refractivity contribution < 1.29 is 13.2 Å². The smallest absolute Gasteiger partial charge is 0.150 e. The molecule has 1 aliphatic carbocycles. The fraction of sp³-hybridized carbons (Fsp3) is 0.615. The lowest BCUT2D eigenvalue weighted by Crippen LogP contribution is -2.32. The van der Waals surface area contributed by atoms with Crippen molar-refractivity contribution in [2.75, 3.05) is 43.6 Å². The van der Waals surface area contributed by atoms with Gasteiger partial charge in [0, 0.05) is 17.3 Å². The molecule has 0 bridgehead atoms. The van der Waals surface area contributed by atoms with Crippen LogP contribution in [0.5, 0.6) is 5.75 Å². The minimum absolute atomic E-state index is 0.0870. The summed E-state index contributed by atoms with van der Waals surface area (Å²) in [6, 6.07) is 4.10. The molecule has 0 amide bonds. The number of hydrogen-bond donors (Lipinski definition) is 1. The van der Waals surface area contributed by atoms with Crippen molar-refractivity contribution in [1.29, 1.82) is 0 Å². The second-order valence-corrected chi connectivity index (χ2v) is 12.1. The number of anilines is 1. The van der Waals surface area contributed by atoms with Crippen LogP contribution in [0.1, 0.15) is 68.7 Å². The van der Waals surface area contributed by atoms with Crippen molar-refractivity contribution in [2.45, 2.75) is 63.3 Å². The van der Waals surface area contributed by atoms with Crippen LogP contribution < -0.4 is 10.1 Å². The van der Waals surface area contributed by atoms with Gasteiger partial charge in [-0.15, -0.1) is 0 Å². The molecule has 1 aromatic heterocycles. The van der Waals surface area contributed by atoms with Crippen LogP contribution in [-0.2, 0) is 9.84 Å². The summed E-state index contributed by atoms with van der Waals surface area (Å²) in [5, 5.41) is 4.46. The fourth-order valence-electron chi connectivity index (χ4n) is 5.33. The largest absolute Gasteiger partial charge is 0.495 e. The van der Waals surface area contributed by atoms with Gasteiger partial charge in [0.2, 0.25) is 0 Å². The van der Waals surface area contributed by atoms with Gasteiger partial charge in [-0.1, -0.05) is 24.7 Å². The predicted molar refractivity (Wildman–Crippen MR) is 135 cm³/mol. The van der Waals surface area contributed by atoms with Crippen LogP contribution in [-0.4, -0.2) is 67.6 Å². The van der Waals surface area contributed by atoms with E-state index in [0.29, 0.717) is 24.5 Å². The highest BCUT2D eigenvalue weighted by Gasteiger charge is 2.26. The lowest BCUT2D eigenvalue weighted by molar-refractivity contribution is 0.383. The van der Waals surface area contributed by atoms with Gasteiger partial charge in [0.05, 0.1) is 36.2 Å². The molecule has 1 aromatic carbocycles. The van der Waals surface area contributed by atoms with E-state index in [1.165, 1.54) is 25.7 Å². The van der Waals surface area contributed by atoms with Crippen LogP contribution in [0.2, 0.25) is 0 Å². The minimum Gasteiger partial charge on any atom is -0.495 e. The van der Waals surface area contributed by atoms with Gasteiger partial charge in [0.15, 0.2) is 0 Å². The molecule has 1 N–H and O–H groups in total. The Kier molecular flexibility index (Phi) is 6.94. The first-order valence-electron chi connectivity index (χ1n) is 12.6. The first-order chi connectivity index (χ1) is 16.5. The molecule has 0 spiro atoms. The van der Waals surface area contributed by atoms with Crippen LogP contribution in [0, 0.1) is 11.8 Å². The topological polar surface area (TPSA) is 84.4 Å². The zero-order valence-corrected chi connectivity index (χ0v) is 20.8. The summed E-state index contributed by atoms with van der Waals surface area (Å²) in [7, 11) is -1.25. The summed E-state index contributed by atoms with van der Waals surface area (Å²) in [4.78, 5) is 12.3. The van der Waals surface area contributed by atoms with Crippen LogP contribution in [0.25, 0.3) is 10.9 Å². The first kappa shape index (κ1) is 23.4. The second kappa shape index (κ2) is 10.1. The SMILES string of the molecule is COc1cc2c(NC3CCS(=O)(=O)CC3)nc(C3CCCC3)nc2cc1C#CCN1CCCC1. The van der Waals surface area contributed by atoms with Gasteiger partial charge in [-0.05, 0) is 63.7 Å². The number of sulfone groups is 1. The Morgan fingerprint density at radius 3 is 2.50 bits per heavy atom. The van der Waals surface area contributed by atoms with Gasteiger partial charge in [-0.3, -0.25) is 4.90 Å². The number of aromatic nitrogens is 2. The van der Waals surface area contributed by atoms with E-state index in [0.717, 1.165) is 60.6 Å². The van der Waals surface area contributed by atoms with Crippen LogP contribution >= 0.6 is 0 Å². The third kappa shape index (κ3) is 5.31. The number of rotatable bonds is 5. The highest BCUT2D eigenvalue weighted by Crippen LogP contribution is 2.36. The number of nitrogens with one attached hydrogen (secondary N) is 1. The Bertz CT molecular complexity index is 1190. The molecule has 2 aromatic rings. The summed E-state index contributed by atoms with van der Waals surface area (Å²) in [6.45, 7) is 3.02. The van der Waals surface area contributed by atoms with E-state index >= 15 is 0 Å². The van der Waals surface area contributed by atoms with E-state index < -0.39 is 9.84 Å². The number of nitrogens with zero attached hydrogens (tertiary/aromatic N) is 3. The zero-order valence-electron chi connectivity index (χ0n) is 20.0. The number of fused-ring (bicyclic) bond motifs is 1. The van der Waals surface area contributed by atoms with E-state index in [1.54, 1.807) is 7.11 Å². The molecule has 3 fully saturated rings. The Labute approximate surface area is 202 Å². The van der Waals surface area contributed by atoms with Gasteiger partial charge in [0.25, 0.3) is 0 Å². The molecule has 7 nitrogen and oxygen atoms in total. The monoisotopic (exact) mass is 482 g/mol. The first-order valence-corrected chi connectivity index (χ1v) is 14.4. The van der Waals surface area contributed by atoms with Crippen LogP contribution in [0.15, 0.2) is 12.1 Å². The van der Waals surface area contributed by atoms with E-state index in [2.05, 4.69) is 22.1 Å². The average Bonchev–Trinajstić information content (AvgIpc) is 3.54. The molecule has 0 radical (unpaired) electrons. The molecule has 3 heterocycles. The van der Waals surface area contributed by atoms with E-state index in [4.69, 9.17) is 14.7 Å². The van der Waals surface area contributed by atoms with Crippen molar-refractivity contribution in [1.82, 2.24) is 14.9 Å². The lowest BCUT2D eigenvalue weighted by Gasteiger charge is -2.25. The standard InChI is InChI=1S/C26H34N4O3S/c1-33-24-18-22-23(17-20(24)9-6-14-30-12-4-5-13-30)28-25(19-7-2-3-8-19)29-26(22)27-21-10-15-34(31,32)16-11-21/h17-19,21H,2-5,7-8,10-16H2,1H3,(H,27,28,29). The van der Waals surface area contributed by atoms with E-state index in [-0.39, 0.29) is 17.5 Å². The maximum Gasteiger partial charge on any atom is 0.150 e. The van der Waals surface area contributed by atoms with E-state index in [9.17, 15) is 8.42 Å². The number of ether oxygens (including phenoxy) is 1. The van der Waals surface area contributed by atoms with Gasteiger partial charge in [-0.2, -0.15) is 0 Å². The third-order valence-corrected chi connectivity index (χ3v) is 9.09. The van der Waals surface area contributed by atoms with Crippen molar-refractivity contribution in [3.8, 4) is 17.6 Å². The molecule has 1 saturated carbocycles. The molecular weight excluding hydrogens is 448 g/mol. The number of methoxy groups -OCH3 is 1. The van der Waals surface area contributed by atoms with Gasteiger partial charge >= 0.3 is 0 Å². The summed E-state index contributed by atoms with van der Waals surface area (Å²) in [6.07, 6.45) is 8.37. The Morgan fingerprint density at radius 2 is 1.79 bits per heavy atom. The van der Waals surface area contributed by atoms with Crippen molar-refractivity contribution >= 4 is 26.6 Å². The summed E-state index contributed by atoms with van der Waals surface area (Å²) < 4.78 is 29.5. The van der Waals surface area contributed by atoms with Crippen LogP contribution in [0.4, 0.5) is 5.82 Å². The Morgan fingerprint density at radius 1 is 1.06 bits per heavy atom. The molecule has 8 heteroatoms. The number of hydrogen-bond acceptors (Lipinski definition) is 7. The third-order valence-electron chi connectivity index (χ3n) is 7.37. The molecule has 0 unspecified atom stereocenters. The van der Waals surface area contributed by atoms with Crippen molar-refractivity contribution in [3.05, 3.63) is 23.5 Å². The molecule has 34 heavy (non-hydrogen) atoms. The summed E-state index contributed by atoms with van der Waals surface area (Å²) in [5.41, 5.74) is 1.72. The molecule has 3 aliphatic rings. The van der Waals surface area contributed by atoms with Gasteiger partial charge in [0.1, 0.15) is 27.2 Å². The summed E-state index contributed by atoms with van der Waals surface area (Å²) >= 11 is 0. The van der Waals surface area contributed by atoms with Crippen LogP contribution in [0.3, 0.4) is 0 Å². The van der Waals surface area contributed by atoms with Gasteiger partial charge < -0.3 is 10.1 Å². The highest BCUT2D eigenvalue weighted by molar-refractivity contribution is 7.91. The van der Waals surface area contributed by atoms with E-state index in [1.807, 2.05) is 12.1 Å². The Balaban J connectivity index is 1.49. The molecule has 182 valence electrons. The highest BCUT2D eigenvalue weighted by atomic mass is 32.2. The molecular formula is C26H34N4O3S. The predicted octanol–water partition coefficient (Wildman–Crippen LogP) is 3.73. The average molecular weight is 483 g/mol. The maximum absolute atomic E-state index is 11.9. The fourth-order valence-corrected chi connectivity index (χ4v) is 6.82. The number of likely N-dealkylation sites (tertiary alicyclic amines) is 1. The molecule has 0 atom stereocenters. The molecule has 2 aliphatic heterocycles. The lowest BCUT2D eigenvalue weighted by atomic mass is 10.1. The van der Waals surface area contributed by atoms with Crippen molar-refractivity contribution in [2.24, 2.45) is 0 Å². The summed E-state index contributed by atoms with van der Waals surface area (Å²) in [5.74, 6) is 9.85. The normalized spacial score (nSPS) is 21.4. The number of benzene rings is 1. The molecule has 5 rings (SSSR count). The maximum atomic E-state index is 11.9. The Hall–Kier alpha value is -2.37. The minimum atomic E-state index is -2.91. The molecule has 2 saturated heterocycles. The zero-order chi connectivity index (χ0) is 23.5. The van der Waals surface area contributed by atoms with Gasteiger partial charge in [-0.25, -0.2) is 18.4 Å². The second-order valence-electron chi connectivity index (χ2n) is 9.84.